The summed E-state index contributed by atoms with van der Waals surface area (Å²) in [6.07, 6.45) is 2.17. The number of carbonyl (C=O) groups excluding carboxylic acids is 2. The minimum Gasteiger partial charge on any atom is -0.497 e. The van der Waals surface area contributed by atoms with Gasteiger partial charge in [-0.1, -0.05) is 30.7 Å². The largest absolute Gasteiger partial charge is 0.497 e. The van der Waals surface area contributed by atoms with Crippen LogP contribution in [0.25, 0.3) is 0 Å². The van der Waals surface area contributed by atoms with E-state index in [1.807, 2.05) is 25.1 Å². The van der Waals surface area contributed by atoms with Gasteiger partial charge >= 0.3 is 0 Å². The Morgan fingerprint density at radius 3 is 2.43 bits per heavy atom. The molecular formula is C26H36ClN3O6S. The van der Waals surface area contributed by atoms with E-state index in [1.165, 1.54) is 22.4 Å². The molecule has 0 aliphatic heterocycles. The first kappa shape index (κ1) is 30.2. The zero-order chi connectivity index (χ0) is 27.6. The zero-order valence-corrected chi connectivity index (χ0v) is 23.6. The van der Waals surface area contributed by atoms with Gasteiger partial charge in [0.15, 0.2) is 0 Å². The highest BCUT2D eigenvalue weighted by molar-refractivity contribution is 7.92. The summed E-state index contributed by atoms with van der Waals surface area (Å²) in [6, 6.07) is 11.3. The Balaban J connectivity index is 2.19. The van der Waals surface area contributed by atoms with Crippen molar-refractivity contribution in [2.45, 2.75) is 45.7 Å². The van der Waals surface area contributed by atoms with Gasteiger partial charge in [-0.2, -0.15) is 0 Å². The number of methoxy groups -OCH3 is 2. The Bertz CT molecular complexity index is 1170. The highest BCUT2D eigenvalue weighted by Gasteiger charge is 2.26. The molecule has 0 bridgehead atoms. The lowest BCUT2D eigenvalue weighted by atomic mass is 10.1. The number of rotatable bonds is 14. The van der Waals surface area contributed by atoms with Crippen molar-refractivity contribution in [3.63, 3.8) is 0 Å². The van der Waals surface area contributed by atoms with E-state index in [9.17, 15) is 18.0 Å². The van der Waals surface area contributed by atoms with E-state index in [-0.39, 0.29) is 42.8 Å². The SMILES string of the molecule is CCCNC(=O)C(C)N(Cc1cccc(OC)c1)C(=O)CCCN(c1ccc(OC)c(Cl)c1)S(C)(=O)=O. The third-order valence-electron chi connectivity index (χ3n) is 5.78. The Kier molecular flexibility index (Phi) is 11.5. The van der Waals surface area contributed by atoms with Crippen LogP contribution in [-0.2, 0) is 26.2 Å². The second kappa shape index (κ2) is 14.1. The molecule has 11 heteroatoms. The second-order valence-corrected chi connectivity index (χ2v) is 10.9. The number of carbonyl (C=O) groups is 2. The molecule has 9 nitrogen and oxygen atoms in total. The maximum atomic E-state index is 13.3. The van der Waals surface area contributed by atoms with Gasteiger partial charge < -0.3 is 19.7 Å². The van der Waals surface area contributed by atoms with E-state index >= 15 is 0 Å². The van der Waals surface area contributed by atoms with Gasteiger partial charge in [-0.05, 0) is 55.7 Å². The molecule has 0 aromatic heterocycles. The molecule has 37 heavy (non-hydrogen) atoms. The van der Waals surface area contributed by atoms with Crippen molar-refractivity contribution in [2.24, 2.45) is 0 Å². The summed E-state index contributed by atoms with van der Waals surface area (Å²) in [5.74, 6) is 0.569. The van der Waals surface area contributed by atoms with Gasteiger partial charge in [0.05, 0.1) is 31.2 Å². The molecule has 0 saturated heterocycles. The lowest BCUT2D eigenvalue weighted by Crippen LogP contribution is -2.47. The van der Waals surface area contributed by atoms with Crippen molar-refractivity contribution in [3.05, 3.63) is 53.1 Å². The fraction of sp³-hybridized carbons (Fsp3) is 0.462. The molecule has 0 fully saturated rings. The minimum absolute atomic E-state index is 0.0469. The van der Waals surface area contributed by atoms with E-state index < -0.39 is 16.1 Å². The third kappa shape index (κ3) is 8.82. The number of ether oxygens (including phenoxy) is 2. The Labute approximate surface area is 224 Å². The monoisotopic (exact) mass is 553 g/mol. The quantitative estimate of drug-likeness (QED) is 0.381. The van der Waals surface area contributed by atoms with E-state index in [0.717, 1.165) is 18.2 Å². The molecule has 0 aliphatic carbocycles. The Morgan fingerprint density at radius 2 is 1.84 bits per heavy atom. The summed E-state index contributed by atoms with van der Waals surface area (Å²) < 4.78 is 36.6. The number of anilines is 1. The third-order valence-corrected chi connectivity index (χ3v) is 7.27. The minimum atomic E-state index is -3.64. The molecule has 0 heterocycles. The predicted molar refractivity (Wildman–Crippen MR) is 146 cm³/mol. The van der Waals surface area contributed by atoms with Crippen molar-refractivity contribution in [2.75, 3.05) is 37.9 Å². The lowest BCUT2D eigenvalue weighted by Gasteiger charge is -2.29. The van der Waals surface area contributed by atoms with Crippen LogP contribution in [0.15, 0.2) is 42.5 Å². The standard InChI is InChI=1S/C26H36ClN3O6S/c1-6-14-28-26(32)19(2)29(18-20-9-7-10-22(16-20)35-3)25(31)11-8-15-30(37(5,33)34)21-12-13-24(36-4)23(27)17-21/h7,9-10,12-13,16-17,19H,6,8,11,14-15,18H2,1-5H3,(H,28,32). The highest BCUT2D eigenvalue weighted by Crippen LogP contribution is 2.30. The molecule has 204 valence electrons. The van der Waals surface area contributed by atoms with Gasteiger partial charge in [-0.3, -0.25) is 13.9 Å². The predicted octanol–water partition coefficient (Wildman–Crippen LogP) is 3.85. The van der Waals surface area contributed by atoms with Crippen molar-refractivity contribution < 1.29 is 27.5 Å². The number of nitrogens with one attached hydrogen (secondary N) is 1. The van der Waals surface area contributed by atoms with E-state index in [2.05, 4.69) is 5.32 Å². The number of hydrogen-bond acceptors (Lipinski definition) is 6. The summed E-state index contributed by atoms with van der Waals surface area (Å²) >= 11 is 6.19. The van der Waals surface area contributed by atoms with Gasteiger partial charge in [0.25, 0.3) is 0 Å². The van der Waals surface area contributed by atoms with E-state index in [1.54, 1.807) is 32.2 Å². The van der Waals surface area contributed by atoms with Crippen LogP contribution in [0.3, 0.4) is 0 Å². The van der Waals surface area contributed by atoms with Gasteiger partial charge in [-0.15, -0.1) is 0 Å². The van der Waals surface area contributed by atoms with Crippen molar-refractivity contribution in [1.29, 1.82) is 0 Å². The molecule has 1 N–H and O–H groups in total. The topological polar surface area (TPSA) is 105 Å². The van der Waals surface area contributed by atoms with Crippen molar-refractivity contribution in [3.8, 4) is 11.5 Å². The van der Waals surface area contributed by atoms with Crippen LogP contribution in [-0.4, -0.2) is 64.7 Å². The summed E-state index contributed by atoms with van der Waals surface area (Å²) in [5, 5.41) is 3.12. The number of halogens is 1. The fourth-order valence-corrected chi connectivity index (χ4v) is 4.97. The molecule has 2 amide bonds. The summed E-state index contributed by atoms with van der Waals surface area (Å²) in [7, 11) is -0.602. The molecular weight excluding hydrogens is 518 g/mol. The molecule has 2 aromatic rings. The molecule has 1 atom stereocenters. The maximum Gasteiger partial charge on any atom is 0.242 e. The normalized spacial score (nSPS) is 11.9. The molecule has 0 spiro atoms. The molecule has 2 rings (SSSR count). The first-order chi connectivity index (χ1) is 17.5. The smallest absolute Gasteiger partial charge is 0.242 e. The first-order valence-corrected chi connectivity index (χ1v) is 14.3. The molecule has 0 radical (unpaired) electrons. The number of nitrogens with zero attached hydrogens (tertiary/aromatic N) is 2. The Hall–Kier alpha value is -2.98. The fourth-order valence-electron chi connectivity index (χ4n) is 3.76. The van der Waals surface area contributed by atoms with Crippen LogP contribution in [0.5, 0.6) is 11.5 Å². The first-order valence-electron chi connectivity index (χ1n) is 12.0. The summed E-state index contributed by atoms with van der Waals surface area (Å²) in [5.41, 5.74) is 1.19. The van der Waals surface area contributed by atoms with Gasteiger partial charge in [0, 0.05) is 26.1 Å². The van der Waals surface area contributed by atoms with E-state index in [0.29, 0.717) is 23.7 Å². The summed E-state index contributed by atoms with van der Waals surface area (Å²) in [6.45, 7) is 4.42. The summed E-state index contributed by atoms with van der Waals surface area (Å²) in [4.78, 5) is 27.5. The molecule has 1 unspecified atom stereocenters. The number of hydrogen-bond donors (Lipinski definition) is 1. The van der Waals surface area contributed by atoms with Crippen LogP contribution >= 0.6 is 11.6 Å². The van der Waals surface area contributed by atoms with Gasteiger partial charge in [0.2, 0.25) is 21.8 Å². The highest BCUT2D eigenvalue weighted by atomic mass is 35.5. The van der Waals surface area contributed by atoms with Gasteiger partial charge in [0.1, 0.15) is 17.5 Å². The average Bonchev–Trinajstić information content (AvgIpc) is 2.87. The van der Waals surface area contributed by atoms with Crippen LogP contribution in [0, 0.1) is 0 Å². The molecule has 2 aromatic carbocycles. The van der Waals surface area contributed by atoms with Crippen molar-refractivity contribution >= 4 is 39.1 Å². The number of amides is 2. The average molecular weight is 554 g/mol. The maximum absolute atomic E-state index is 13.3. The van der Waals surface area contributed by atoms with Crippen LogP contribution in [0.4, 0.5) is 5.69 Å². The molecule has 0 aliphatic rings. The molecule has 0 saturated carbocycles. The number of benzene rings is 2. The van der Waals surface area contributed by atoms with Crippen LogP contribution < -0.4 is 19.1 Å². The lowest BCUT2D eigenvalue weighted by molar-refractivity contribution is -0.140. The second-order valence-electron chi connectivity index (χ2n) is 8.60. The van der Waals surface area contributed by atoms with E-state index in [4.69, 9.17) is 21.1 Å². The number of sulfonamides is 1. The van der Waals surface area contributed by atoms with Gasteiger partial charge in [-0.25, -0.2) is 8.42 Å². The van der Waals surface area contributed by atoms with Crippen LogP contribution in [0.1, 0.15) is 38.7 Å². The van der Waals surface area contributed by atoms with Crippen molar-refractivity contribution in [1.82, 2.24) is 10.2 Å². The zero-order valence-electron chi connectivity index (χ0n) is 22.0. The van der Waals surface area contributed by atoms with Crippen LogP contribution in [0.2, 0.25) is 5.02 Å². The Morgan fingerprint density at radius 1 is 1.11 bits per heavy atom.